The van der Waals surface area contributed by atoms with Gasteiger partial charge in [-0.2, -0.15) is 0 Å². The minimum absolute atomic E-state index is 0.0695. The van der Waals surface area contributed by atoms with Gasteiger partial charge in [0.25, 0.3) is 0 Å². The summed E-state index contributed by atoms with van der Waals surface area (Å²) in [4.78, 5) is 6.96. The number of aliphatic hydroxyl groups is 1. The van der Waals surface area contributed by atoms with E-state index in [1.165, 1.54) is 0 Å². The number of likely N-dealkylation sites (N-methyl/N-ethyl adjacent to an activating group) is 1. The molecule has 1 N–H and O–H groups in total. The number of thiazole rings is 1. The van der Waals surface area contributed by atoms with Crippen LogP contribution in [0.2, 0.25) is 0 Å². The standard InChI is InChI=1S/C15H26N2O2S/c1-5-17-6-7-19-12(9-17)11(18)8-14-16-13(10-20-14)15(2,3)4/h10-12,18H,5-9H2,1-4H3. The molecule has 0 amide bonds. The summed E-state index contributed by atoms with van der Waals surface area (Å²) in [6.45, 7) is 12.1. The molecule has 1 saturated heterocycles. The highest BCUT2D eigenvalue weighted by molar-refractivity contribution is 7.09. The van der Waals surface area contributed by atoms with Crippen LogP contribution in [0, 0.1) is 0 Å². The fourth-order valence-electron chi connectivity index (χ4n) is 2.31. The largest absolute Gasteiger partial charge is 0.390 e. The molecule has 0 aliphatic carbocycles. The van der Waals surface area contributed by atoms with Crippen LogP contribution in [-0.4, -0.2) is 53.4 Å². The Labute approximate surface area is 125 Å². The van der Waals surface area contributed by atoms with E-state index in [0.717, 1.165) is 30.3 Å². The van der Waals surface area contributed by atoms with Gasteiger partial charge in [0.2, 0.25) is 0 Å². The average Bonchev–Trinajstić information content (AvgIpc) is 2.87. The first kappa shape index (κ1) is 15.9. The van der Waals surface area contributed by atoms with E-state index >= 15 is 0 Å². The number of hydrogen-bond donors (Lipinski definition) is 1. The molecule has 0 bridgehead atoms. The first-order chi connectivity index (χ1) is 9.40. The molecule has 4 nitrogen and oxygen atoms in total. The van der Waals surface area contributed by atoms with Crippen molar-refractivity contribution >= 4 is 11.3 Å². The Kier molecular flexibility index (Phi) is 5.18. The Morgan fingerprint density at radius 2 is 2.30 bits per heavy atom. The van der Waals surface area contributed by atoms with Gasteiger partial charge in [-0.15, -0.1) is 11.3 Å². The molecule has 1 fully saturated rings. The van der Waals surface area contributed by atoms with E-state index in [4.69, 9.17) is 4.74 Å². The third kappa shape index (κ3) is 4.01. The summed E-state index contributed by atoms with van der Waals surface area (Å²) in [5.41, 5.74) is 1.17. The number of ether oxygens (including phenoxy) is 1. The number of rotatable bonds is 4. The van der Waals surface area contributed by atoms with Crippen LogP contribution in [0.4, 0.5) is 0 Å². The zero-order chi connectivity index (χ0) is 14.8. The molecule has 1 aliphatic rings. The van der Waals surface area contributed by atoms with Crippen LogP contribution in [0.3, 0.4) is 0 Å². The molecule has 2 atom stereocenters. The lowest BCUT2D eigenvalue weighted by molar-refractivity contribution is -0.0867. The van der Waals surface area contributed by atoms with Gasteiger partial charge in [0.15, 0.2) is 0 Å². The fraction of sp³-hybridized carbons (Fsp3) is 0.800. The molecule has 1 aliphatic heterocycles. The summed E-state index contributed by atoms with van der Waals surface area (Å²) >= 11 is 1.64. The van der Waals surface area contributed by atoms with Gasteiger partial charge in [0, 0.05) is 30.3 Å². The van der Waals surface area contributed by atoms with E-state index in [0.29, 0.717) is 13.0 Å². The minimum Gasteiger partial charge on any atom is -0.390 e. The second kappa shape index (κ2) is 6.52. The average molecular weight is 298 g/mol. The maximum atomic E-state index is 10.4. The van der Waals surface area contributed by atoms with E-state index in [2.05, 4.69) is 43.0 Å². The molecule has 1 aromatic heterocycles. The number of aliphatic hydroxyl groups excluding tert-OH is 1. The van der Waals surface area contributed by atoms with Gasteiger partial charge in [-0.3, -0.25) is 4.90 Å². The maximum absolute atomic E-state index is 10.4. The van der Waals surface area contributed by atoms with E-state index in [-0.39, 0.29) is 11.5 Å². The van der Waals surface area contributed by atoms with Gasteiger partial charge in [0.1, 0.15) is 0 Å². The van der Waals surface area contributed by atoms with Gasteiger partial charge in [-0.25, -0.2) is 4.98 Å². The smallest absolute Gasteiger partial charge is 0.0965 e. The summed E-state index contributed by atoms with van der Waals surface area (Å²) in [5, 5.41) is 13.5. The van der Waals surface area contributed by atoms with Gasteiger partial charge >= 0.3 is 0 Å². The first-order valence-corrected chi connectivity index (χ1v) is 8.25. The monoisotopic (exact) mass is 298 g/mol. The van der Waals surface area contributed by atoms with Gasteiger partial charge < -0.3 is 9.84 Å². The molecule has 0 aromatic carbocycles. The number of aromatic nitrogens is 1. The predicted molar refractivity (Wildman–Crippen MR) is 82.4 cm³/mol. The van der Waals surface area contributed by atoms with Crippen LogP contribution in [0.25, 0.3) is 0 Å². The van der Waals surface area contributed by atoms with Gasteiger partial charge in [0.05, 0.1) is 29.5 Å². The topological polar surface area (TPSA) is 45.6 Å². The molecule has 0 saturated carbocycles. The summed E-state index contributed by atoms with van der Waals surface area (Å²) in [6, 6.07) is 0. The molecule has 2 unspecified atom stereocenters. The molecule has 0 radical (unpaired) electrons. The van der Waals surface area contributed by atoms with E-state index < -0.39 is 6.10 Å². The van der Waals surface area contributed by atoms with Gasteiger partial charge in [-0.1, -0.05) is 27.7 Å². The van der Waals surface area contributed by atoms with Crippen molar-refractivity contribution in [2.75, 3.05) is 26.2 Å². The van der Waals surface area contributed by atoms with Crippen molar-refractivity contribution in [3.05, 3.63) is 16.1 Å². The summed E-state index contributed by atoms with van der Waals surface area (Å²) in [5.74, 6) is 0. The van der Waals surface area contributed by atoms with Crippen LogP contribution in [0.15, 0.2) is 5.38 Å². The van der Waals surface area contributed by atoms with Crippen LogP contribution >= 0.6 is 11.3 Å². The molecular weight excluding hydrogens is 272 g/mol. The van der Waals surface area contributed by atoms with E-state index in [1.54, 1.807) is 11.3 Å². The Balaban J connectivity index is 1.94. The Morgan fingerprint density at radius 3 is 2.90 bits per heavy atom. The quantitative estimate of drug-likeness (QED) is 0.924. The minimum atomic E-state index is -0.469. The third-order valence-corrected chi connectivity index (χ3v) is 4.63. The molecule has 0 spiro atoms. The van der Waals surface area contributed by atoms with Crippen LogP contribution < -0.4 is 0 Å². The highest BCUT2D eigenvalue weighted by atomic mass is 32.1. The van der Waals surface area contributed by atoms with Gasteiger partial charge in [-0.05, 0) is 6.54 Å². The van der Waals surface area contributed by atoms with Crippen LogP contribution in [0.1, 0.15) is 38.4 Å². The van der Waals surface area contributed by atoms with Crippen LogP contribution in [-0.2, 0) is 16.6 Å². The lowest BCUT2D eigenvalue weighted by Crippen LogP contribution is -2.48. The normalized spacial score (nSPS) is 22.9. The molecule has 2 rings (SSSR count). The highest BCUT2D eigenvalue weighted by Gasteiger charge is 2.27. The molecule has 1 aromatic rings. The Bertz CT molecular complexity index is 428. The lowest BCUT2D eigenvalue weighted by atomic mass is 9.93. The molecule has 114 valence electrons. The number of hydrogen-bond acceptors (Lipinski definition) is 5. The summed E-state index contributed by atoms with van der Waals surface area (Å²) < 4.78 is 5.70. The van der Waals surface area contributed by atoms with Crippen molar-refractivity contribution < 1.29 is 9.84 Å². The number of morpholine rings is 1. The maximum Gasteiger partial charge on any atom is 0.0965 e. The molecule has 5 heteroatoms. The second-order valence-corrected chi connectivity index (χ2v) is 7.39. The van der Waals surface area contributed by atoms with Crippen molar-refractivity contribution in [1.82, 2.24) is 9.88 Å². The molecular formula is C15H26N2O2S. The predicted octanol–water partition coefficient (Wildman–Crippen LogP) is 2.06. The molecule has 20 heavy (non-hydrogen) atoms. The van der Waals surface area contributed by atoms with Crippen molar-refractivity contribution in [1.29, 1.82) is 0 Å². The van der Waals surface area contributed by atoms with Crippen molar-refractivity contribution in [2.45, 2.75) is 51.7 Å². The van der Waals surface area contributed by atoms with E-state index in [1.807, 2.05) is 0 Å². The Morgan fingerprint density at radius 1 is 1.55 bits per heavy atom. The molecule has 2 heterocycles. The fourth-order valence-corrected chi connectivity index (χ4v) is 3.38. The number of nitrogens with zero attached hydrogens (tertiary/aromatic N) is 2. The highest BCUT2D eigenvalue weighted by Crippen LogP contribution is 2.25. The Hall–Kier alpha value is -0.490. The second-order valence-electron chi connectivity index (χ2n) is 6.45. The zero-order valence-electron chi connectivity index (χ0n) is 12.9. The first-order valence-electron chi connectivity index (χ1n) is 7.37. The zero-order valence-corrected chi connectivity index (χ0v) is 13.7. The van der Waals surface area contributed by atoms with Crippen molar-refractivity contribution in [3.8, 4) is 0 Å². The summed E-state index contributed by atoms with van der Waals surface area (Å²) in [6.07, 6.45) is 0.0252. The van der Waals surface area contributed by atoms with E-state index in [9.17, 15) is 5.11 Å². The SMILES string of the molecule is CCN1CCOC(C(O)Cc2nc(C(C)(C)C)cs2)C1. The summed E-state index contributed by atoms with van der Waals surface area (Å²) in [7, 11) is 0. The van der Waals surface area contributed by atoms with Crippen molar-refractivity contribution in [3.63, 3.8) is 0 Å². The van der Waals surface area contributed by atoms with Crippen LogP contribution in [0.5, 0.6) is 0 Å². The van der Waals surface area contributed by atoms with Crippen molar-refractivity contribution in [2.24, 2.45) is 0 Å². The third-order valence-electron chi connectivity index (χ3n) is 3.76. The lowest BCUT2D eigenvalue weighted by Gasteiger charge is -2.34.